The summed E-state index contributed by atoms with van der Waals surface area (Å²) in [6.07, 6.45) is 1.05. The molecule has 17 heavy (non-hydrogen) atoms. The Morgan fingerprint density at radius 2 is 2.24 bits per heavy atom. The van der Waals surface area contributed by atoms with Crippen molar-refractivity contribution < 1.29 is 0 Å². The lowest BCUT2D eigenvalue weighted by molar-refractivity contribution is 0.534. The first-order chi connectivity index (χ1) is 7.94. The van der Waals surface area contributed by atoms with Crippen molar-refractivity contribution in [1.82, 2.24) is 5.32 Å². The first-order valence-electron chi connectivity index (χ1n) is 5.99. The molecule has 2 heterocycles. The maximum Gasteiger partial charge on any atom is 0.157 e. The minimum absolute atomic E-state index is 0.197. The fourth-order valence-electron chi connectivity index (χ4n) is 1.81. The molecule has 1 aromatic rings. The van der Waals surface area contributed by atoms with Crippen molar-refractivity contribution in [3.63, 3.8) is 0 Å². The van der Waals surface area contributed by atoms with Crippen LogP contribution in [0.2, 0.25) is 0 Å². The number of hydrogen-bond acceptors (Lipinski definition) is 3. The fourth-order valence-corrected chi connectivity index (χ4v) is 3.99. The molecule has 4 heteroatoms. The fraction of sp³-hybridized carbons (Fsp3) is 0.615. The molecule has 1 aromatic heterocycles. The van der Waals surface area contributed by atoms with Gasteiger partial charge in [0, 0.05) is 27.5 Å². The van der Waals surface area contributed by atoms with E-state index >= 15 is 0 Å². The molecule has 0 saturated carbocycles. The third-order valence-corrected chi connectivity index (χ3v) is 5.02. The van der Waals surface area contributed by atoms with Crippen LogP contribution in [0.25, 0.3) is 0 Å². The third-order valence-electron chi connectivity index (χ3n) is 2.65. The van der Waals surface area contributed by atoms with Crippen molar-refractivity contribution in [1.29, 1.82) is 0 Å². The average Bonchev–Trinajstić information content (AvgIpc) is 2.73. The van der Waals surface area contributed by atoms with Crippen molar-refractivity contribution in [2.75, 3.05) is 5.75 Å². The summed E-state index contributed by atoms with van der Waals surface area (Å²) in [4.78, 5) is 7.57. The second-order valence-electron chi connectivity index (χ2n) is 5.30. The molecular weight excluding hydrogens is 248 g/mol. The first-order valence-corrected chi connectivity index (χ1v) is 7.79. The Kier molecular flexibility index (Phi) is 3.83. The molecule has 2 rings (SSSR count). The van der Waals surface area contributed by atoms with E-state index in [0.717, 1.165) is 17.3 Å². The van der Waals surface area contributed by atoms with Crippen molar-refractivity contribution in [3.8, 4) is 0 Å². The molecule has 1 atom stereocenters. The molecule has 1 unspecified atom stereocenters. The van der Waals surface area contributed by atoms with E-state index in [1.165, 1.54) is 9.75 Å². The largest absolute Gasteiger partial charge is 0.359 e. The maximum atomic E-state index is 4.75. The molecule has 0 radical (unpaired) electrons. The monoisotopic (exact) mass is 268 g/mol. The van der Waals surface area contributed by atoms with Crippen LogP contribution in [0.4, 0.5) is 0 Å². The summed E-state index contributed by atoms with van der Waals surface area (Å²) >= 11 is 3.71. The van der Waals surface area contributed by atoms with Gasteiger partial charge in [-0.2, -0.15) is 0 Å². The number of thiophene rings is 1. The Morgan fingerprint density at radius 1 is 1.47 bits per heavy atom. The van der Waals surface area contributed by atoms with Crippen LogP contribution in [-0.2, 0) is 6.42 Å². The summed E-state index contributed by atoms with van der Waals surface area (Å²) in [5, 5.41) is 4.58. The van der Waals surface area contributed by atoms with E-state index in [4.69, 9.17) is 4.99 Å². The molecule has 1 saturated heterocycles. The summed E-state index contributed by atoms with van der Waals surface area (Å²) in [7, 11) is 0. The molecule has 94 valence electrons. The van der Waals surface area contributed by atoms with Gasteiger partial charge in [-0.15, -0.1) is 11.3 Å². The number of aryl methyl sites for hydroxylation is 1. The lowest BCUT2D eigenvalue weighted by Crippen LogP contribution is -2.37. The zero-order chi connectivity index (χ0) is 12.5. The molecule has 0 spiro atoms. The van der Waals surface area contributed by atoms with Gasteiger partial charge in [-0.25, -0.2) is 0 Å². The average molecular weight is 268 g/mol. The van der Waals surface area contributed by atoms with E-state index in [9.17, 15) is 0 Å². The van der Waals surface area contributed by atoms with Crippen LogP contribution < -0.4 is 5.32 Å². The molecule has 1 fully saturated rings. The second-order valence-corrected chi connectivity index (χ2v) is 7.63. The van der Waals surface area contributed by atoms with Gasteiger partial charge >= 0.3 is 0 Å². The lowest BCUT2D eigenvalue weighted by atomic mass is 10.1. The van der Waals surface area contributed by atoms with Crippen LogP contribution in [0.5, 0.6) is 0 Å². The topological polar surface area (TPSA) is 24.4 Å². The minimum atomic E-state index is 0.197. The van der Waals surface area contributed by atoms with E-state index in [1.54, 1.807) is 0 Å². The van der Waals surface area contributed by atoms with Crippen molar-refractivity contribution in [2.24, 2.45) is 4.99 Å². The summed E-state index contributed by atoms with van der Waals surface area (Å²) in [5.74, 6) is 1.11. The summed E-state index contributed by atoms with van der Waals surface area (Å²) in [6.45, 7) is 8.78. The van der Waals surface area contributed by atoms with Crippen LogP contribution in [0.3, 0.4) is 0 Å². The Balaban J connectivity index is 1.93. The molecule has 0 aromatic carbocycles. The Labute approximate surface area is 112 Å². The van der Waals surface area contributed by atoms with Crippen LogP contribution in [0.15, 0.2) is 17.1 Å². The van der Waals surface area contributed by atoms with Crippen LogP contribution in [0, 0.1) is 6.92 Å². The van der Waals surface area contributed by atoms with Gasteiger partial charge in [0.05, 0.1) is 6.04 Å². The molecule has 1 aliphatic rings. The number of rotatable bonds is 3. The molecule has 2 nitrogen and oxygen atoms in total. The summed E-state index contributed by atoms with van der Waals surface area (Å²) in [6, 6.07) is 4.76. The van der Waals surface area contributed by atoms with E-state index in [0.29, 0.717) is 6.04 Å². The van der Waals surface area contributed by atoms with Gasteiger partial charge in [-0.3, -0.25) is 4.99 Å². The number of nitrogens with one attached hydrogen (secondary N) is 1. The van der Waals surface area contributed by atoms with Crippen LogP contribution in [0.1, 0.15) is 30.5 Å². The summed E-state index contributed by atoms with van der Waals surface area (Å²) < 4.78 is 0. The molecule has 1 aliphatic heterocycles. The highest BCUT2D eigenvalue weighted by Gasteiger charge is 2.27. The van der Waals surface area contributed by atoms with E-state index in [-0.39, 0.29) is 5.54 Å². The van der Waals surface area contributed by atoms with Gasteiger partial charge in [0.25, 0.3) is 0 Å². The third kappa shape index (κ3) is 3.75. The lowest BCUT2D eigenvalue weighted by Gasteiger charge is -2.16. The number of hydrogen-bond donors (Lipinski definition) is 1. The van der Waals surface area contributed by atoms with Gasteiger partial charge in [0.15, 0.2) is 5.17 Å². The van der Waals surface area contributed by atoms with Gasteiger partial charge < -0.3 is 5.32 Å². The number of thioether (sulfide) groups is 1. The normalized spacial score (nSPS) is 22.7. The van der Waals surface area contributed by atoms with Crippen molar-refractivity contribution in [3.05, 3.63) is 21.9 Å². The molecule has 0 bridgehead atoms. The zero-order valence-corrected chi connectivity index (χ0v) is 12.5. The number of nitrogens with zero attached hydrogens (tertiary/aromatic N) is 1. The standard InChI is InChI=1S/C13H20N2S2/c1-9(7-11-6-5-10(2)17-11)14-12-15-13(3,4)8-16-12/h5-6,9H,7-8H2,1-4H3,(H,14,15). The molecular formula is C13H20N2S2. The SMILES string of the molecule is Cc1ccc(CC(C)N=C2NC(C)(C)CS2)s1. The van der Waals surface area contributed by atoms with Crippen LogP contribution >= 0.6 is 23.1 Å². The van der Waals surface area contributed by atoms with Crippen molar-refractivity contribution in [2.45, 2.75) is 45.7 Å². The molecule has 0 aliphatic carbocycles. The van der Waals surface area contributed by atoms with Crippen molar-refractivity contribution >= 4 is 28.3 Å². The Morgan fingerprint density at radius 3 is 2.76 bits per heavy atom. The maximum absolute atomic E-state index is 4.75. The second kappa shape index (κ2) is 5.02. The van der Waals surface area contributed by atoms with Gasteiger partial charge in [0.2, 0.25) is 0 Å². The highest BCUT2D eigenvalue weighted by Crippen LogP contribution is 2.23. The Bertz CT molecular complexity index is 421. The van der Waals surface area contributed by atoms with Gasteiger partial charge in [0.1, 0.15) is 0 Å². The number of amidine groups is 1. The highest BCUT2D eigenvalue weighted by molar-refractivity contribution is 8.14. The first kappa shape index (κ1) is 13.0. The van der Waals surface area contributed by atoms with E-state index < -0.39 is 0 Å². The summed E-state index contributed by atoms with van der Waals surface area (Å²) in [5.41, 5.74) is 0.197. The van der Waals surface area contributed by atoms with Gasteiger partial charge in [-0.1, -0.05) is 11.8 Å². The highest BCUT2D eigenvalue weighted by atomic mass is 32.2. The quantitative estimate of drug-likeness (QED) is 0.908. The molecule has 1 N–H and O–H groups in total. The van der Waals surface area contributed by atoms with E-state index in [1.807, 2.05) is 23.1 Å². The molecule has 0 amide bonds. The zero-order valence-electron chi connectivity index (χ0n) is 10.9. The van der Waals surface area contributed by atoms with Crippen LogP contribution in [-0.4, -0.2) is 22.5 Å². The Hall–Kier alpha value is -0.480. The minimum Gasteiger partial charge on any atom is -0.359 e. The predicted molar refractivity (Wildman–Crippen MR) is 79.3 cm³/mol. The van der Waals surface area contributed by atoms with Gasteiger partial charge in [-0.05, 0) is 39.8 Å². The number of aliphatic imine (C=N–C) groups is 1. The smallest absolute Gasteiger partial charge is 0.157 e. The van der Waals surface area contributed by atoms with E-state index in [2.05, 4.69) is 45.1 Å². The predicted octanol–water partition coefficient (Wildman–Crippen LogP) is 3.46.